The number of nitrogens with two attached hydrogens (primary N) is 1. The minimum absolute atomic E-state index is 0.125. The van der Waals surface area contributed by atoms with Crippen LogP contribution >= 0.6 is 0 Å². The number of hydrogen-bond donors (Lipinski definition) is 3. The van der Waals surface area contributed by atoms with Gasteiger partial charge in [-0.15, -0.1) is 0 Å². The number of fused-ring (bicyclic) bond motifs is 2. The van der Waals surface area contributed by atoms with E-state index in [9.17, 15) is 14.0 Å². The fraction of sp³-hybridized carbons (Fsp3) is 0.209. The van der Waals surface area contributed by atoms with Gasteiger partial charge < -0.3 is 35.4 Å². The molecule has 20 heteroatoms. The molecule has 0 aliphatic carbocycles. The Morgan fingerprint density at radius 3 is 1.70 bits per heavy atom. The number of anilines is 4. The van der Waals surface area contributed by atoms with Crippen LogP contribution in [0, 0.1) is 0 Å². The number of aromatic carboxylic acids is 1. The van der Waals surface area contributed by atoms with Gasteiger partial charge in [0, 0.05) is 86.9 Å². The van der Waals surface area contributed by atoms with Crippen LogP contribution in [0.1, 0.15) is 22.1 Å². The van der Waals surface area contributed by atoms with Gasteiger partial charge in [0.15, 0.2) is 11.3 Å². The highest BCUT2D eigenvalue weighted by molar-refractivity contribution is 6.09. The van der Waals surface area contributed by atoms with Gasteiger partial charge in [0.2, 0.25) is 0 Å². The third-order valence-corrected chi connectivity index (χ3v) is 9.69. The second-order valence-corrected chi connectivity index (χ2v) is 13.5. The van der Waals surface area contributed by atoms with Crippen LogP contribution in [0.25, 0.3) is 33.8 Å². The number of imidazole rings is 2. The van der Waals surface area contributed by atoms with Crippen LogP contribution in [0.3, 0.4) is 0 Å². The Kier molecular flexibility index (Phi) is 13.9. The van der Waals surface area contributed by atoms with Crippen molar-refractivity contribution in [1.82, 2.24) is 49.1 Å². The summed E-state index contributed by atoms with van der Waals surface area (Å²) in [6.07, 6.45) is 20.1. The first-order chi connectivity index (χ1) is 31.3. The molecule has 8 aromatic heterocycles. The quantitative estimate of drug-likeness (QED) is 0.195. The van der Waals surface area contributed by atoms with E-state index in [1.54, 1.807) is 84.8 Å². The molecule has 1 amide bonds. The monoisotopic (exact) mass is 855 g/mol. The molecule has 0 atom stereocenters. The minimum atomic E-state index is -1.02. The van der Waals surface area contributed by atoms with E-state index >= 15 is 0 Å². The van der Waals surface area contributed by atoms with Crippen LogP contribution in [0.5, 0.6) is 0 Å². The first kappa shape index (κ1) is 41.8. The Balaban J connectivity index is 0.000000152. The van der Waals surface area contributed by atoms with E-state index in [1.165, 1.54) is 16.8 Å². The zero-order valence-electron chi connectivity index (χ0n) is 34.8. The van der Waals surface area contributed by atoms with Gasteiger partial charge in [-0.2, -0.15) is 10.2 Å². The lowest BCUT2D eigenvalue weighted by molar-refractivity contribution is 0.0697. The van der Waals surface area contributed by atoms with Gasteiger partial charge >= 0.3 is 5.97 Å². The molecule has 63 heavy (non-hydrogen) atoms. The van der Waals surface area contributed by atoms with Crippen molar-refractivity contribution in [3.63, 3.8) is 0 Å². The van der Waals surface area contributed by atoms with E-state index < -0.39 is 13.1 Å². The Bertz CT molecular complexity index is 2770. The van der Waals surface area contributed by atoms with Gasteiger partial charge in [0.05, 0.1) is 99.4 Å². The van der Waals surface area contributed by atoms with Gasteiger partial charge in [-0.25, -0.2) is 23.8 Å². The molecule has 0 aromatic carbocycles. The fourth-order valence-corrected chi connectivity index (χ4v) is 6.69. The van der Waals surface area contributed by atoms with Crippen molar-refractivity contribution in [2.24, 2.45) is 0 Å². The molecule has 4 N–H and O–H groups in total. The molecule has 2 saturated heterocycles. The van der Waals surface area contributed by atoms with E-state index in [1.807, 2.05) is 30.3 Å². The number of alkyl halides is 1. The number of carboxylic acid groups (broad SMARTS) is 1. The summed E-state index contributed by atoms with van der Waals surface area (Å²) in [7, 11) is -1.00. The second-order valence-electron chi connectivity index (χ2n) is 13.5. The number of halogens is 1. The molecule has 10 rings (SSSR count). The Morgan fingerprint density at radius 1 is 0.683 bits per heavy atom. The van der Waals surface area contributed by atoms with E-state index in [4.69, 9.17) is 21.7 Å². The number of carboxylic acids is 1. The van der Waals surface area contributed by atoms with Crippen molar-refractivity contribution >= 4 is 45.9 Å². The summed E-state index contributed by atoms with van der Waals surface area (Å²) in [6, 6.07) is 14.3. The topological polar surface area (TPSA) is 229 Å². The molecule has 19 nitrogen and oxygen atoms in total. The van der Waals surface area contributed by atoms with Crippen molar-refractivity contribution in [3.8, 4) is 22.5 Å². The zero-order chi connectivity index (χ0) is 44.7. The minimum Gasteiger partial charge on any atom is -0.478 e. The molecule has 0 saturated carbocycles. The third-order valence-electron chi connectivity index (χ3n) is 9.69. The summed E-state index contributed by atoms with van der Waals surface area (Å²) in [5.74, 6) is -1.29. The SMILES string of the molecule is Nc1cnccc1N1CCOCC1.O=C(Nc1cnccc1N1CCOCC1)c1ccnn2cc(-c3cccnc3)nc12.O=C(O)c1ccnn2cc(-c3cccnc3)nc12.[2H]CF. The number of carbonyl (C=O) groups excluding carboxylic acids is 1. The maximum atomic E-state index is 13.1. The summed E-state index contributed by atoms with van der Waals surface area (Å²) < 4.78 is 29.2. The van der Waals surface area contributed by atoms with Crippen molar-refractivity contribution in [2.75, 3.05) is 80.6 Å². The van der Waals surface area contributed by atoms with Crippen molar-refractivity contribution in [2.45, 2.75) is 0 Å². The number of aromatic nitrogens is 10. The van der Waals surface area contributed by atoms with E-state index in [2.05, 4.69) is 55.2 Å². The maximum Gasteiger partial charge on any atom is 0.339 e. The highest BCUT2D eigenvalue weighted by atomic mass is 19.1. The van der Waals surface area contributed by atoms with Crippen molar-refractivity contribution in [1.29, 1.82) is 0 Å². The first-order valence-electron chi connectivity index (χ1n) is 20.2. The summed E-state index contributed by atoms with van der Waals surface area (Å²) in [5, 5.41) is 20.4. The molecule has 0 spiro atoms. The predicted octanol–water partition coefficient (Wildman–Crippen LogP) is 4.85. The zero-order valence-corrected chi connectivity index (χ0v) is 33.8. The lowest BCUT2D eigenvalue weighted by atomic mass is 10.2. The van der Waals surface area contributed by atoms with Crippen LogP contribution in [-0.4, -0.2) is 126 Å². The highest BCUT2D eigenvalue weighted by Crippen LogP contribution is 2.27. The molecule has 0 bridgehead atoms. The number of pyridine rings is 4. The molecule has 2 aliphatic rings. The Morgan fingerprint density at radius 2 is 1.17 bits per heavy atom. The normalized spacial score (nSPS) is 13.6. The van der Waals surface area contributed by atoms with Crippen LogP contribution in [-0.2, 0) is 9.47 Å². The molecule has 2 aliphatic heterocycles. The summed E-state index contributed by atoms with van der Waals surface area (Å²) in [6.45, 7) is 6.23. The number of nitrogens with one attached hydrogen (secondary N) is 1. The van der Waals surface area contributed by atoms with Crippen LogP contribution in [0.4, 0.5) is 27.1 Å². The number of hydrogen-bond acceptors (Lipinski definition) is 15. The van der Waals surface area contributed by atoms with Gasteiger partial charge in [-0.05, 0) is 48.5 Å². The predicted molar refractivity (Wildman–Crippen MR) is 233 cm³/mol. The fourth-order valence-electron chi connectivity index (χ4n) is 6.69. The molecule has 2 fully saturated rings. The highest BCUT2D eigenvalue weighted by Gasteiger charge is 2.20. The van der Waals surface area contributed by atoms with Gasteiger partial charge in [0.1, 0.15) is 5.56 Å². The molecular weight excluding hydrogens is 812 g/mol. The lowest BCUT2D eigenvalue weighted by Crippen LogP contribution is -2.36. The van der Waals surface area contributed by atoms with Gasteiger partial charge in [0.25, 0.3) is 5.91 Å². The average molecular weight is 856 g/mol. The molecule has 8 aromatic rings. The van der Waals surface area contributed by atoms with Crippen LogP contribution in [0.15, 0.2) is 123 Å². The van der Waals surface area contributed by atoms with Crippen molar-refractivity contribution < 1.29 is 29.9 Å². The average Bonchev–Trinajstić information content (AvgIpc) is 3.99. The number of carbonyl (C=O) groups is 2. The standard InChI is InChI=1S/C21H19N7O2.C12H8N4O2.C9H13N3O.CH3F/c29-21(26-17-13-23-6-4-19(17)27-8-10-30-11-9-27)16-3-7-24-28-14-18(25-20(16)28)15-2-1-5-22-12-15;17-12(18)9-3-5-14-16-7-10(15-11(9)16)8-2-1-4-13-6-8;10-8-7-11-2-1-9(8)12-3-5-13-6-4-12;1-2/h1-7,12-14H,8-11H2,(H,26,29);1-7H,(H,17,18);1-2,7H,3-6,10H2;1H3/i;;;1D. The molecule has 0 radical (unpaired) electrons. The van der Waals surface area contributed by atoms with Gasteiger partial charge in [-0.1, -0.05) is 0 Å². The van der Waals surface area contributed by atoms with Crippen LogP contribution < -0.4 is 20.9 Å². The summed E-state index contributed by atoms with van der Waals surface area (Å²) in [4.78, 5) is 53.8. The maximum absolute atomic E-state index is 13.1. The third kappa shape index (κ3) is 10.5. The number of rotatable bonds is 7. The first-order valence-corrected chi connectivity index (χ1v) is 19.5. The smallest absolute Gasteiger partial charge is 0.339 e. The number of amides is 1. The number of morpholine rings is 2. The Hall–Kier alpha value is -7.97. The van der Waals surface area contributed by atoms with Crippen molar-refractivity contribution in [3.05, 3.63) is 134 Å². The summed E-state index contributed by atoms with van der Waals surface area (Å²) >= 11 is 0. The molecule has 0 unspecified atom stereocenters. The van der Waals surface area contributed by atoms with Crippen LogP contribution in [0.2, 0.25) is 0 Å². The molecular formula is C43H43FN14O5. The van der Waals surface area contributed by atoms with Gasteiger partial charge in [-0.3, -0.25) is 29.1 Å². The molecule has 322 valence electrons. The number of nitrogens with zero attached hydrogens (tertiary/aromatic N) is 12. The van der Waals surface area contributed by atoms with E-state index in [0.717, 1.165) is 67.6 Å². The number of nitrogen functional groups attached to an aromatic ring is 1. The van der Waals surface area contributed by atoms with E-state index in [0.29, 0.717) is 47.1 Å². The lowest BCUT2D eigenvalue weighted by Gasteiger charge is -2.30. The second kappa shape index (κ2) is 21.0. The summed E-state index contributed by atoms with van der Waals surface area (Å²) in [5.41, 5.74) is 13.6. The van der Waals surface area contributed by atoms with E-state index in [-0.39, 0.29) is 11.5 Å². The number of ether oxygens (including phenoxy) is 2. The largest absolute Gasteiger partial charge is 0.478 e. The Labute approximate surface area is 361 Å². The molecule has 10 heterocycles.